The lowest BCUT2D eigenvalue weighted by atomic mass is 10.1. The minimum Gasteiger partial charge on any atom is -0.396 e. The van der Waals surface area contributed by atoms with Gasteiger partial charge in [-0.1, -0.05) is 13.0 Å². The van der Waals surface area contributed by atoms with E-state index < -0.39 is 0 Å². The molecule has 3 N–H and O–H groups in total. The average Bonchev–Trinajstić information content (AvgIpc) is 2.43. The van der Waals surface area contributed by atoms with Gasteiger partial charge in [-0.3, -0.25) is 0 Å². The first-order chi connectivity index (χ1) is 9.93. The maximum atomic E-state index is 13.8. The number of nitrogens with zero attached hydrogens (tertiary/aromatic N) is 1. The van der Waals surface area contributed by atoms with Crippen LogP contribution in [0.3, 0.4) is 0 Å². The number of halogens is 1. The molecular formula is C15H24FN3O2. The van der Waals surface area contributed by atoms with Gasteiger partial charge in [-0.25, -0.2) is 9.18 Å². The number of urea groups is 1. The molecule has 1 aromatic rings. The van der Waals surface area contributed by atoms with Crippen LogP contribution in [0.25, 0.3) is 0 Å². The standard InChI is InChI=1S/C15H24FN3O2/c1-11(6-7-20)9-17-15(21)18-10-12-4-5-14(19(2)3)13(16)8-12/h4-5,8,11,20H,6-7,9-10H2,1-3H3,(H2,17,18,21). The number of aliphatic hydroxyl groups is 1. The van der Waals surface area contributed by atoms with E-state index in [1.54, 1.807) is 31.1 Å². The number of benzene rings is 1. The zero-order chi connectivity index (χ0) is 15.8. The molecule has 21 heavy (non-hydrogen) atoms. The molecule has 5 nitrogen and oxygen atoms in total. The summed E-state index contributed by atoms with van der Waals surface area (Å²) in [7, 11) is 3.55. The largest absolute Gasteiger partial charge is 0.396 e. The van der Waals surface area contributed by atoms with Crippen LogP contribution in [-0.2, 0) is 6.54 Å². The van der Waals surface area contributed by atoms with Crippen molar-refractivity contribution in [2.75, 3.05) is 32.1 Å². The van der Waals surface area contributed by atoms with Gasteiger partial charge in [0.15, 0.2) is 0 Å². The fourth-order valence-corrected chi connectivity index (χ4v) is 1.86. The van der Waals surface area contributed by atoms with Gasteiger partial charge in [0.1, 0.15) is 5.82 Å². The maximum absolute atomic E-state index is 13.8. The number of anilines is 1. The second-order valence-corrected chi connectivity index (χ2v) is 5.36. The summed E-state index contributed by atoms with van der Waals surface area (Å²) in [6, 6.07) is 4.60. The molecule has 6 heteroatoms. The van der Waals surface area contributed by atoms with Gasteiger partial charge in [0, 0.05) is 33.8 Å². The van der Waals surface area contributed by atoms with E-state index in [0.717, 1.165) is 0 Å². The predicted octanol–water partition coefficient (Wildman–Crippen LogP) is 1.71. The second kappa shape index (κ2) is 8.46. The molecule has 0 saturated carbocycles. The molecule has 0 heterocycles. The summed E-state index contributed by atoms with van der Waals surface area (Å²) < 4.78 is 13.8. The van der Waals surface area contributed by atoms with Gasteiger partial charge in [0.25, 0.3) is 0 Å². The van der Waals surface area contributed by atoms with Gasteiger partial charge in [0.2, 0.25) is 0 Å². The number of hydrogen-bond acceptors (Lipinski definition) is 3. The van der Waals surface area contributed by atoms with Crippen LogP contribution in [0, 0.1) is 11.7 Å². The first-order valence-corrected chi connectivity index (χ1v) is 7.02. The number of hydrogen-bond donors (Lipinski definition) is 3. The zero-order valence-corrected chi connectivity index (χ0v) is 12.8. The summed E-state index contributed by atoms with van der Waals surface area (Å²) in [6.07, 6.45) is 0.650. The number of amides is 2. The summed E-state index contributed by atoms with van der Waals surface area (Å²) in [5, 5.41) is 14.2. The first kappa shape index (κ1) is 17.2. The molecule has 0 fully saturated rings. The minimum absolute atomic E-state index is 0.113. The van der Waals surface area contributed by atoms with E-state index >= 15 is 0 Å². The van der Waals surface area contributed by atoms with Crippen molar-refractivity contribution in [3.05, 3.63) is 29.6 Å². The highest BCUT2D eigenvalue weighted by atomic mass is 19.1. The molecule has 0 saturated heterocycles. The summed E-state index contributed by atoms with van der Waals surface area (Å²) in [5.41, 5.74) is 1.22. The lowest BCUT2D eigenvalue weighted by Crippen LogP contribution is -2.37. The minimum atomic E-state index is -0.309. The summed E-state index contributed by atoms with van der Waals surface area (Å²) in [5.74, 6) is -0.0890. The van der Waals surface area contributed by atoms with Gasteiger partial charge < -0.3 is 20.6 Å². The normalized spacial score (nSPS) is 11.9. The van der Waals surface area contributed by atoms with Gasteiger partial charge >= 0.3 is 6.03 Å². The highest BCUT2D eigenvalue weighted by Gasteiger charge is 2.07. The topological polar surface area (TPSA) is 64.6 Å². The van der Waals surface area contributed by atoms with E-state index in [2.05, 4.69) is 10.6 Å². The van der Waals surface area contributed by atoms with Crippen LogP contribution in [0.5, 0.6) is 0 Å². The Kier molecular flexibility index (Phi) is 6.94. The highest BCUT2D eigenvalue weighted by molar-refractivity contribution is 5.73. The molecule has 0 bridgehead atoms. The third-order valence-corrected chi connectivity index (χ3v) is 3.18. The van der Waals surface area contributed by atoms with E-state index in [-0.39, 0.29) is 30.9 Å². The average molecular weight is 297 g/mol. The number of nitrogens with one attached hydrogen (secondary N) is 2. The van der Waals surface area contributed by atoms with Gasteiger partial charge in [-0.2, -0.15) is 0 Å². The molecule has 0 aliphatic heterocycles. The van der Waals surface area contributed by atoms with Crippen molar-refractivity contribution in [1.82, 2.24) is 10.6 Å². The Balaban J connectivity index is 2.41. The van der Waals surface area contributed by atoms with Crippen LogP contribution in [0.1, 0.15) is 18.9 Å². The second-order valence-electron chi connectivity index (χ2n) is 5.36. The Morgan fingerprint density at radius 2 is 2.10 bits per heavy atom. The molecule has 0 aliphatic carbocycles. The molecule has 0 aromatic heterocycles. The molecular weight excluding hydrogens is 273 g/mol. The van der Waals surface area contributed by atoms with E-state index in [1.165, 1.54) is 6.07 Å². The van der Waals surface area contributed by atoms with Crippen molar-refractivity contribution in [2.45, 2.75) is 19.9 Å². The van der Waals surface area contributed by atoms with Crippen LogP contribution in [0.2, 0.25) is 0 Å². The van der Waals surface area contributed by atoms with E-state index in [9.17, 15) is 9.18 Å². The van der Waals surface area contributed by atoms with Crippen molar-refractivity contribution in [3.8, 4) is 0 Å². The molecule has 118 valence electrons. The van der Waals surface area contributed by atoms with Crippen molar-refractivity contribution < 1.29 is 14.3 Å². The fraction of sp³-hybridized carbons (Fsp3) is 0.533. The van der Waals surface area contributed by atoms with Gasteiger partial charge in [0.05, 0.1) is 5.69 Å². The molecule has 2 amide bonds. The molecule has 1 unspecified atom stereocenters. The fourth-order valence-electron chi connectivity index (χ4n) is 1.86. The van der Waals surface area contributed by atoms with Crippen molar-refractivity contribution >= 4 is 11.7 Å². The first-order valence-electron chi connectivity index (χ1n) is 7.02. The van der Waals surface area contributed by atoms with Crippen molar-refractivity contribution in [3.63, 3.8) is 0 Å². The third kappa shape index (κ3) is 5.99. The monoisotopic (exact) mass is 297 g/mol. The highest BCUT2D eigenvalue weighted by Crippen LogP contribution is 2.18. The number of carbonyl (C=O) groups excluding carboxylic acids is 1. The molecule has 0 aliphatic rings. The van der Waals surface area contributed by atoms with Crippen LogP contribution >= 0.6 is 0 Å². The van der Waals surface area contributed by atoms with E-state index in [1.807, 2.05) is 6.92 Å². The molecule has 1 atom stereocenters. The third-order valence-electron chi connectivity index (χ3n) is 3.18. The quantitative estimate of drug-likeness (QED) is 0.718. The Labute approximate surface area is 125 Å². The molecule has 1 rings (SSSR count). The molecule has 0 radical (unpaired) electrons. The zero-order valence-electron chi connectivity index (χ0n) is 12.8. The summed E-state index contributed by atoms with van der Waals surface area (Å²) in [6.45, 7) is 2.83. The molecule has 1 aromatic carbocycles. The van der Waals surface area contributed by atoms with E-state index in [0.29, 0.717) is 24.2 Å². The summed E-state index contributed by atoms with van der Waals surface area (Å²) >= 11 is 0. The number of aliphatic hydroxyl groups excluding tert-OH is 1. The lowest BCUT2D eigenvalue weighted by Gasteiger charge is -2.15. The van der Waals surface area contributed by atoms with Crippen molar-refractivity contribution in [1.29, 1.82) is 0 Å². The van der Waals surface area contributed by atoms with Crippen LogP contribution in [0.4, 0.5) is 14.9 Å². The Morgan fingerprint density at radius 1 is 1.38 bits per heavy atom. The van der Waals surface area contributed by atoms with Crippen LogP contribution in [-0.4, -0.2) is 38.4 Å². The maximum Gasteiger partial charge on any atom is 0.315 e. The Bertz CT molecular complexity index is 466. The number of rotatable bonds is 7. The Hall–Kier alpha value is -1.82. The number of carbonyl (C=O) groups is 1. The SMILES string of the molecule is CC(CCO)CNC(=O)NCc1ccc(N(C)C)c(F)c1. The predicted molar refractivity (Wildman–Crippen MR) is 81.8 cm³/mol. The van der Waals surface area contributed by atoms with E-state index in [4.69, 9.17) is 5.11 Å². The van der Waals surface area contributed by atoms with Crippen molar-refractivity contribution in [2.24, 2.45) is 5.92 Å². The smallest absolute Gasteiger partial charge is 0.315 e. The van der Waals surface area contributed by atoms with Gasteiger partial charge in [-0.15, -0.1) is 0 Å². The van der Waals surface area contributed by atoms with Crippen LogP contribution < -0.4 is 15.5 Å². The summed E-state index contributed by atoms with van der Waals surface area (Å²) in [4.78, 5) is 13.3. The Morgan fingerprint density at radius 3 is 2.67 bits per heavy atom. The van der Waals surface area contributed by atoms with Crippen LogP contribution in [0.15, 0.2) is 18.2 Å². The van der Waals surface area contributed by atoms with Gasteiger partial charge in [-0.05, 0) is 30.0 Å². The lowest BCUT2D eigenvalue weighted by molar-refractivity contribution is 0.233. The molecule has 0 spiro atoms.